The molecule has 0 saturated heterocycles. The van der Waals surface area contributed by atoms with E-state index in [1.807, 2.05) is 0 Å². The van der Waals surface area contributed by atoms with Crippen LogP contribution in [0.3, 0.4) is 0 Å². The number of thiazole rings is 1. The van der Waals surface area contributed by atoms with Gasteiger partial charge in [0.15, 0.2) is 4.88 Å². The first kappa shape index (κ1) is 6.03. The number of hydrogen-bond donors (Lipinski definition) is 2. The first-order valence-corrected chi connectivity index (χ1v) is 2.95. The van der Waals surface area contributed by atoms with Crippen molar-refractivity contribution in [2.75, 3.05) is 0 Å². The molecular weight excluding hydrogens is 142 g/mol. The van der Waals surface area contributed by atoms with Crippen LogP contribution >= 0.6 is 11.3 Å². The molecule has 0 bridgehead atoms. The van der Waals surface area contributed by atoms with Crippen LogP contribution in [0.5, 0.6) is 5.88 Å². The predicted octanol–water partition coefficient (Wildman–Crippen LogP) is 0.547. The summed E-state index contributed by atoms with van der Waals surface area (Å²) in [5, 5.41) is 16.9. The molecule has 2 N–H and O–H groups in total. The molecular formula is C4H3NO3S. The van der Waals surface area contributed by atoms with Crippen LogP contribution in [0.25, 0.3) is 0 Å². The molecule has 0 amide bonds. The summed E-state index contributed by atoms with van der Waals surface area (Å²) in [6.45, 7) is 0. The summed E-state index contributed by atoms with van der Waals surface area (Å²) < 4.78 is 0. The Labute approximate surface area is 54.4 Å². The van der Waals surface area contributed by atoms with Crippen LogP contribution in [0.2, 0.25) is 0 Å². The molecule has 0 aliphatic heterocycles. The van der Waals surface area contributed by atoms with Gasteiger partial charge in [-0.1, -0.05) is 0 Å². The Bertz CT molecular complexity index is 231. The van der Waals surface area contributed by atoms with Gasteiger partial charge in [0, 0.05) is 0 Å². The normalized spacial score (nSPS) is 9.33. The lowest BCUT2D eigenvalue weighted by Gasteiger charge is -1.83. The molecule has 9 heavy (non-hydrogen) atoms. The molecule has 0 aromatic carbocycles. The molecule has 1 aromatic rings. The number of hydrogen-bond acceptors (Lipinski definition) is 4. The van der Waals surface area contributed by atoms with E-state index in [2.05, 4.69) is 4.98 Å². The zero-order valence-electron chi connectivity index (χ0n) is 4.24. The zero-order chi connectivity index (χ0) is 6.85. The van der Waals surface area contributed by atoms with Gasteiger partial charge in [-0.15, -0.1) is 11.3 Å². The van der Waals surface area contributed by atoms with Gasteiger partial charge in [0.25, 0.3) is 0 Å². The highest BCUT2D eigenvalue weighted by Crippen LogP contribution is 2.18. The molecule has 0 fully saturated rings. The van der Waals surface area contributed by atoms with Crippen molar-refractivity contribution in [1.29, 1.82) is 0 Å². The predicted molar refractivity (Wildman–Crippen MR) is 30.7 cm³/mol. The van der Waals surface area contributed by atoms with Crippen molar-refractivity contribution in [3.05, 3.63) is 10.4 Å². The van der Waals surface area contributed by atoms with Crippen molar-refractivity contribution in [2.45, 2.75) is 0 Å². The van der Waals surface area contributed by atoms with Gasteiger partial charge in [-0.3, -0.25) is 0 Å². The Balaban J connectivity index is 3.08. The third kappa shape index (κ3) is 0.996. The van der Waals surface area contributed by atoms with Crippen LogP contribution in [0, 0.1) is 0 Å². The Morgan fingerprint density at radius 1 is 1.78 bits per heavy atom. The third-order valence-corrected chi connectivity index (χ3v) is 1.55. The van der Waals surface area contributed by atoms with Crippen LogP contribution in [-0.2, 0) is 0 Å². The summed E-state index contributed by atoms with van der Waals surface area (Å²) in [4.78, 5) is 13.3. The minimum Gasteiger partial charge on any atom is -0.492 e. The quantitative estimate of drug-likeness (QED) is 0.605. The number of aromatic carboxylic acids is 1. The molecule has 0 radical (unpaired) electrons. The summed E-state index contributed by atoms with van der Waals surface area (Å²) in [5.41, 5.74) is 1.28. The van der Waals surface area contributed by atoms with Crippen molar-refractivity contribution >= 4 is 17.3 Å². The highest BCUT2D eigenvalue weighted by atomic mass is 32.1. The molecule has 48 valence electrons. The standard InChI is InChI=1S/C4H3NO3S/c6-3-2(4(7)8)9-1-5-3/h1,6H,(H,7,8). The Kier molecular flexibility index (Phi) is 1.35. The fraction of sp³-hybridized carbons (Fsp3) is 0. The second kappa shape index (κ2) is 2.02. The molecule has 0 spiro atoms. The SMILES string of the molecule is O=C(O)c1scnc1O. The fourth-order valence-corrected chi connectivity index (χ4v) is 0.903. The van der Waals surface area contributed by atoms with Gasteiger partial charge < -0.3 is 10.2 Å². The van der Waals surface area contributed by atoms with Gasteiger partial charge in [-0.05, 0) is 0 Å². The van der Waals surface area contributed by atoms with Crippen LogP contribution < -0.4 is 0 Å². The van der Waals surface area contributed by atoms with Gasteiger partial charge in [-0.25, -0.2) is 9.78 Å². The van der Waals surface area contributed by atoms with E-state index in [4.69, 9.17) is 10.2 Å². The number of carbonyl (C=O) groups is 1. The summed E-state index contributed by atoms with van der Waals surface area (Å²) in [5.74, 6) is -1.55. The minimum absolute atomic E-state index is 0.116. The van der Waals surface area contributed by atoms with E-state index in [0.29, 0.717) is 0 Å². The Morgan fingerprint density at radius 3 is 2.67 bits per heavy atom. The molecule has 1 heterocycles. The average molecular weight is 145 g/mol. The smallest absolute Gasteiger partial charge is 0.351 e. The van der Waals surface area contributed by atoms with E-state index in [0.717, 1.165) is 11.3 Å². The fourth-order valence-electron chi connectivity index (χ4n) is 0.386. The van der Waals surface area contributed by atoms with E-state index in [9.17, 15) is 4.79 Å². The van der Waals surface area contributed by atoms with Crippen LogP contribution in [-0.4, -0.2) is 21.2 Å². The summed E-state index contributed by atoms with van der Waals surface area (Å²) in [6, 6.07) is 0. The first-order valence-electron chi connectivity index (χ1n) is 2.07. The number of carboxylic acid groups (broad SMARTS) is 1. The topological polar surface area (TPSA) is 70.4 Å². The lowest BCUT2D eigenvalue weighted by atomic mass is 10.5. The third-order valence-electron chi connectivity index (χ3n) is 0.743. The molecule has 1 rings (SSSR count). The largest absolute Gasteiger partial charge is 0.492 e. The van der Waals surface area contributed by atoms with Crippen LogP contribution in [0.4, 0.5) is 0 Å². The van der Waals surface area contributed by atoms with Crippen molar-refractivity contribution in [3.8, 4) is 5.88 Å². The Hall–Kier alpha value is -1.10. The lowest BCUT2D eigenvalue weighted by molar-refractivity contribution is 0.0699. The molecule has 0 atom stereocenters. The van der Waals surface area contributed by atoms with Gasteiger partial charge in [0.1, 0.15) is 0 Å². The average Bonchev–Trinajstić information content (AvgIpc) is 2.13. The highest BCUT2D eigenvalue weighted by Gasteiger charge is 2.10. The van der Waals surface area contributed by atoms with Crippen molar-refractivity contribution in [1.82, 2.24) is 4.98 Å². The van der Waals surface area contributed by atoms with Crippen molar-refractivity contribution in [2.24, 2.45) is 0 Å². The first-order chi connectivity index (χ1) is 4.22. The van der Waals surface area contributed by atoms with E-state index >= 15 is 0 Å². The van der Waals surface area contributed by atoms with Crippen molar-refractivity contribution < 1.29 is 15.0 Å². The molecule has 4 nitrogen and oxygen atoms in total. The van der Waals surface area contributed by atoms with E-state index in [1.54, 1.807) is 0 Å². The minimum atomic E-state index is -1.14. The number of aromatic hydroxyl groups is 1. The van der Waals surface area contributed by atoms with E-state index in [-0.39, 0.29) is 4.88 Å². The maximum Gasteiger partial charge on any atom is 0.351 e. The van der Waals surface area contributed by atoms with Crippen molar-refractivity contribution in [3.63, 3.8) is 0 Å². The molecule has 0 saturated carbocycles. The molecule has 0 unspecified atom stereocenters. The molecule has 5 heteroatoms. The molecule has 1 aromatic heterocycles. The Morgan fingerprint density at radius 2 is 2.44 bits per heavy atom. The van der Waals surface area contributed by atoms with Gasteiger partial charge in [-0.2, -0.15) is 0 Å². The van der Waals surface area contributed by atoms with Gasteiger partial charge in [0.05, 0.1) is 5.51 Å². The summed E-state index contributed by atoms with van der Waals surface area (Å²) in [7, 11) is 0. The van der Waals surface area contributed by atoms with Crippen LogP contribution in [0.1, 0.15) is 9.67 Å². The second-order valence-corrected chi connectivity index (χ2v) is 2.17. The second-order valence-electron chi connectivity index (χ2n) is 1.31. The number of aromatic nitrogens is 1. The maximum atomic E-state index is 10.1. The summed E-state index contributed by atoms with van der Waals surface area (Å²) >= 11 is 0.897. The van der Waals surface area contributed by atoms with Gasteiger partial charge >= 0.3 is 5.97 Å². The molecule has 0 aliphatic carbocycles. The van der Waals surface area contributed by atoms with E-state index in [1.165, 1.54) is 5.51 Å². The molecule has 0 aliphatic rings. The summed E-state index contributed by atoms with van der Waals surface area (Å²) in [6.07, 6.45) is 0. The maximum absolute atomic E-state index is 10.1. The zero-order valence-corrected chi connectivity index (χ0v) is 5.05. The number of rotatable bonds is 1. The number of nitrogens with zero attached hydrogens (tertiary/aromatic N) is 1. The van der Waals surface area contributed by atoms with Gasteiger partial charge in [0.2, 0.25) is 5.88 Å². The number of carboxylic acids is 1. The lowest BCUT2D eigenvalue weighted by Crippen LogP contribution is -1.91. The van der Waals surface area contributed by atoms with E-state index < -0.39 is 11.8 Å². The van der Waals surface area contributed by atoms with Crippen LogP contribution in [0.15, 0.2) is 5.51 Å². The monoisotopic (exact) mass is 145 g/mol. The highest BCUT2D eigenvalue weighted by molar-refractivity contribution is 7.12.